The van der Waals surface area contributed by atoms with Crippen molar-refractivity contribution in [2.75, 3.05) is 5.32 Å². The van der Waals surface area contributed by atoms with Crippen LogP contribution in [0.2, 0.25) is 0 Å². The summed E-state index contributed by atoms with van der Waals surface area (Å²) in [5.74, 6) is -0.352. The molecule has 0 aliphatic rings. The Hall–Kier alpha value is -3.12. The number of aliphatic hydroxyl groups is 1. The lowest BCUT2D eigenvalue weighted by molar-refractivity contribution is 0.0606. The van der Waals surface area contributed by atoms with Crippen LogP contribution in [0.5, 0.6) is 5.75 Å². The zero-order valence-electron chi connectivity index (χ0n) is 15.5. The van der Waals surface area contributed by atoms with Crippen LogP contribution in [0, 0.1) is 6.92 Å². The second kappa shape index (κ2) is 6.89. The molecule has 0 aliphatic carbocycles. The van der Waals surface area contributed by atoms with Crippen LogP contribution < -0.4 is 10.9 Å². The summed E-state index contributed by atoms with van der Waals surface area (Å²) in [5.41, 5.74) is 0.355. The highest BCUT2D eigenvalue weighted by atomic mass is 16.3. The molecular weight excluding hydrogens is 344 g/mol. The van der Waals surface area contributed by atoms with E-state index in [0.29, 0.717) is 22.0 Å². The highest BCUT2D eigenvalue weighted by molar-refractivity contribution is 6.09. The molecule has 0 fully saturated rings. The molecule has 6 nitrogen and oxygen atoms in total. The van der Waals surface area contributed by atoms with Crippen LogP contribution in [-0.2, 0) is 6.54 Å². The third-order valence-corrected chi connectivity index (χ3v) is 4.15. The first-order valence-corrected chi connectivity index (χ1v) is 8.61. The fourth-order valence-electron chi connectivity index (χ4n) is 3.06. The first kappa shape index (κ1) is 18.7. The van der Waals surface area contributed by atoms with Gasteiger partial charge in [0.15, 0.2) is 0 Å². The lowest BCUT2D eigenvalue weighted by atomic mass is 10.1. The van der Waals surface area contributed by atoms with E-state index in [9.17, 15) is 19.8 Å². The largest absolute Gasteiger partial charge is 0.508 e. The van der Waals surface area contributed by atoms with Gasteiger partial charge in [-0.05, 0) is 62.7 Å². The maximum Gasteiger partial charge on any atom is 0.258 e. The molecule has 0 spiro atoms. The fourth-order valence-corrected chi connectivity index (χ4v) is 3.06. The number of nitrogens with one attached hydrogen (secondary N) is 1. The Kier molecular flexibility index (Phi) is 4.76. The molecule has 1 aromatic heterocycles. The first-order valence-electron chi connectivity index (χ1n) is 8.61. The third-order valence-electron chi connectivity index (χ3n) is 4.15. The van der Waals surface area contributed by atoms with Crippen LogP contribution in [0.25, 0.3) is 10.8 Å². The summed E-state index contributed by atoms with van der Waals surface area (Å²) in [6.07, 6.45) is 1.61. The minimum atomic E-state index is -1.02. The molecule has 27 heavy (non-hydrogen) atoms. The molecule has 1 heterocycles. The number of aromatic nitrogens is 1. The number of benzene rings is 2. The number of rotatable bonds is 4. The van der Waals surface area contributed by atoms with E-state index in [4.69, 9.17) is 0 Å². The van der Waals surface area contributed by atoms with Crippen molar-refractivity contribution >= 4 is 22.4 Å². The van der Waals surface area contributed by atoms with Crippen molar-refractivity contribution in [1.29, 1.82) is 0 Å². The number of aryl methyl sites for hydroxylation is 1. The summed E-state index contributed by atoms with van der Waals surface area (Å²) in [7, 11) is 0. The molecule has 0 radical (unpaired) electrons. The molecule has 2 aromatic carbocycles. The van der Waals surface area contributed by atoms with Crippen molar-refractivity contribution in [2.24, 2.45) is 0 Å². The van der Waals surface area contributed by atoms with E-state index in [1.54, 1.807) is 63.4 Å². The van der Waals surface area contributed by atoms with Gasteiger partial charge in [-0.3, -0.25) is 9.59 Å². The summed E-state index contributed by atoms with van der Waals surface area (Å²) in [5, 5.41) is 23.5. The normalized spacial score (nSPS) is 11.6. The Bertz CT molecular complexity index is 1060. The number of hydrogen-bond donors (Lipinski definition) is 3. The minimum absolute atomic E-state index is 0.0209. The lowest BCUT2D eigenvalue weighted by Gasteiger charge is -2.19. The Morgan fingerprint density at radius 1 is 1.15 bits per heavy atom. The summed E-state index contributed by atoms with van der Waals surface area (Å²) in [4.78, 5) is 25.3. The number of fused-ring (bicyclic) bond motifs is 1. The number of aromatic hydroxyl groups is 1. The van der Waals surface area contributed by atoms with Crippen LogP contribution in [-0.4, -0.2) is 26.3 Å². The van der Waals surface area contributed by atoms with Gasteiger partial charge in [-0.25, -0.2) is 0 Å². The van der Waals surface area contributed by atoms with Gasteiger partial charge in [-0.1, -0.05) is 6.07 Å². The van der Waals surface area contributed by atoms with Gasteiger partial charge >= 0.3 is 0 Å². The molecule has 0 aliphatic heterocycles. The van der Waals surface area contributed by atoms with Gasteiger partial charge in [0.25, 0.3) is 11.5 Å². The van der Waals surface area contributed by atoms with Crippen molar-refractivity contribution in [3.05, 3.63) is 70.1 Å². The molecule has 0 unspecified atom stereocenters. The number of carbonyl (C=O) groups excluding carboxylic acids is 1. The number of phenolic OH excluding ortho intramolecular Hbond substituents is 1. The summed E-state index contributed by atoms with van der Waals surface area (Å²) in [6.45, 7) is 5.23. The van der Waals surface area contributed by atoms with E-state index >= 15 is 0 Å². The highest BCUT2D eigenvalue weighted by Crippen LogP contribution is 2.23. The summed E-state index contributed by atoms with van der Waals surface area (Å²) in [6, 6.07) is 11.5. The molecule has 1 amide bonds. The quantitative estimate of drug-likeness (QED) is 0.662. The van der Waals surface area contributed by atoms with E-state index < -0.39 is 5.60 Å². The smallest absolute Gasteiger partial charge is 0.258 e. The molecule has 6 heteroatoms. The summed E-state index contributed by atoms with van der Waals surface area (Å²) >= 11 is 0. The molecule has 0 bridgehead atoms. The Labute approximate surface area is 156 Å². The van der Waals surface area contributed by atoms with Crippen LogP contribution in [0.4, 0.5) is 5.69 Å². The van der Waals surface area contributed by atoms with Crippen LogP contribution in [0.1, 0.15) is 29.8 Å². The maximum absolute atomic E-state index is 12.7. The molecule has 3 N–H and O–H groups in total. The SMILES string of the molecule is Cc1cc(O)cc(C(=O)Nc2cccc3c(=O)n(CC(C)(C)O)ccc23)c1. The zero-order chi connectivity index (χ0) is 19.8. The lowest BCUT2D eigenvalue weighted by Crippen LogP contribution is -2.32. The topological polar surface area (TPSA) is 91.6 Å². The van der Waals surface area contributed by atoms with Gasteiger partial charge in [-0.15, -0.1) is 0 Å². The van der Waals surface area contributed by atoms with Crippen LogP contribution in [0.15, 0.2) is 53.5 Å². The zero-order valence-corrected chi connectivity index (χ0v) is 15.5. The van der Waals surface area contributed by atoms with Crippen LogP contribution >= 0.6 is 0 Å². The molecular formula is C21H22N2O4. The third kappa shape index (κ3) is 4.17. The Balaban J connectivity index is 1.99. The van der Waals surface area contributed by atoms with E-state index in [1.165, 1.54) is 10.6 Å². The van der Waals surface area contributed by atoms with Gasteiger partial charge in [0.1, 0.15) is 5.75 Å². The molecule has 0 saturated heterocycles. The average Bonchev–Trinajstić information content (AvgIpc) is 2.56. The van der Waals surface area contributed by atoms with E-state index in [2.05, 4.69) is 5.32 Å². The van der Waals surface area contributed by atoms with Crippen molar-refractivity contribution in [3.8, 4) is 5.75 Å². The number of hydrogen-bond acceptors (Lipinski definition) is 4. The summed E-state index contributed by atoms with van der Waals surface area (Å²) < 4.78 is 1.45. The highest BCUT2D eigenvalue weighted by Gasteiger charge is 2.16. The fraction of sp³-hybridized carbons (Fsp3) is 0.238. The monoisotopic (exact) mass is 366 g/mol. The van der Waals surface area contributed by atoms with E-state index in [0.717, 1.165) is 5.56 Å². The molecule has 0 saturated carbocycles. The van der Waals surface area contributed by atoms with Gasteiger partial charge in [0, 0.05) is 28.2 Å². The number of anilines is 1. The van der Waals surface area contributed by atoms with Gasteiger partial charge in [0.05, 0.1) is 12.1 Å². The van der Waals surface area contributed by atoms with Crippen molar-refractivity contribution < 1.29 is 15.0 Å². The second-order valence-electron chi connectivity index (χ2n) is 7.34. The number of nitrogens with zero attached hydrogens (tertiary/aromatic N) is 1. The molecule has 3 aromatic rings. The predicted molar refractivity (Wildman–Crippen MR) is 105 cm³/mol. The predicted octanol–water partition coefficient (Wildman–Crippen LogP) is 3.04. The number of amides is 1. The van der Waals surface area contributed by atoms with E-state index in [1.807, 2.05) is 0 Å². The molecule has 140 valence electrons. The second-order valence-corrected chi connectivity index (χ2v) is 7.34. The number of phenols is 1. The molecule has 3 rings (SSSR count). The van der Waals surface area contributed by atoms with Gasteiger partial charge in [0.2, 0.25) is 0 Å². The number of pyridine rings is 1. The van der Waals surface area contributed by atoms with E-state index in [-0.39, 0.29) is 23.8 Å². The maximum atomic E-state index is 12.7. The van der Waals surface area contributed by atoms with Crippen molar-refractivity contribution in [3.63, 3.8) is 0 Å². The minimum Gasteiger partial charge on any atom is -0.508 e. The van der Waals surface area contributed by atoms with Crippen molar-refractivity contribution in [2.45, 2.75) is 32.9 Å². The van der Waals surface area contributed by atoms with Crippen molar-refractivity contribution in [1.82, 2.24) is 4.57 Å². The molecule has 0 atom stereocenters. The first-order chi connectivity index (χ1) is 12.6. The van der Waals surface area contributed by atoms with Gasteiger partial charge < -0.3 is 20.1 Å². The Morgan fingerprint density at radius 3 is 2.56 bits per heavy atom. The standard InChI is InChI=1S/C21H22N2O4/c1-13-9-14(11-15(24)10-13)19(25)22-18-6-4-5-17-16(18)7-8-23(20(17)26)12-21(2,3)27/h4-11,24,27H,12H2,1-3H3,(H,22,25). The number of carbonyl (C=O) groups is 1. The van der Waals surface area contributed by atoms with Gasteiger partial charge in [-0.2, -0.15) is 0 Å². The average molecular weight is 366 g/mol. The van der Waals surface area contributed by atoms with Crippen LogP contribution in [0.3, 0.4) is 0 Å². The Morgan fingerprint density at radius 2 is 1.89 bits per heavy atom.